The van der Waals surface area contributed by atoms with Gasteiger partial charge in [-0.1, -0.05) is 23.2 Å². The maximum absolute atomic E-state index is 11.6. The number of carbonyl (C=O) groups excluding carboxylic acids is 1. The van der Waals surface area contributed by atoms with E-state index in [1.165, 1.54) is 12.1 Å². The van der Waals surface area contributed by atoms with E-state index in [1.807, 2.05) is 0 Å². The number of carboxylic acid groups (broad SMARTS) is 1. The highest BCUT2D eigenvalue weighted by Crippen LogP contribution is 2.33. The lowest BCUT2D eigenvalue weighted by Gasteiger charge is -2.20. The summed E-state index contributed by atoms with van der Waals surface area (Å²) in [6.45, 7) is 5.05. The molecule has 0 saturated heterocycles. The maximum atomic E-state index is 11.6. The molecule has 0 aromatic heterocycles. The van der Waals surface area contributed by atoms with Gasteiger partial charge in [-0.15, -0.1) is 0 Å². The average molecular weight is 306 g/mol. The van der Waals surface area contributed by atoms with Crippen LogP contribution in [0, 0.1) is 0 Å². The van der Waals surface area contributed by atoms with Crippen molar-refractivity contribution in [2.24, 2.45) is 0 Å². The molecule has 0 saturated carbocycles. The quantitative estimate of drug-likeness (QED) is 0.864. The molecule has 7 heteroatoms. The van der Waals surface area contributed by atoms with Gasteiger partial charge in [-0.2, -0.15) is 0 Å². The van der Waals surface area contributed by atoms with Gasteiger partial charge in [0.2, 0.25) is 0 Å². The van der Waals surface area contributed by atoms with Crippen LogP contribution >= 0.6 is 23.2 Å². The Morgan fingerprint density at radius 1 is 1.26 bits per heavy atom. The number of aromatic carboxylic acids is 1. The number of nitrogens with one attached hydrogen (secondary N) is 1. The highest BCUT2D eigenvalue weighted by atomic mass is 35.5. The van der Waals surface area contributed by atoms with Gasteiger partial charge in [-0.3, -0.25) is 5.32 Å². The van der Waals surface area contributed by atoms with Crippen LogP contribution in [0.5, 0.6) is 0 Å². The van der Waals surface area contributed by atoms with Crippen LogP contribution in [0.2, 0.25) is 10.0 Å². The van der Waals surface area contributed by atoms with Gasteiger partial charge in [0.15, 0.2) is 0 Å². The van der Waals surface area contributed by atoms with Crippen molar-refractivity contribution in [3.63, 3.8) is 0 Å². The van der Waals surface area contributed by atoms with E-state index in [4.69, 9.17) is 33.0 Å². The largest absolute Gasteiger partial charge is 0.478 e. The molecule has 0 radical (unpaired) electrons. The van der Waals surface area contributed by atoms with Crippen molar-refractivity contribution in [3.8, 4) is 0 Å². The van der Waals surface area contributed by atoms with Gasteiger partial charge in [0, 0.05) is 0 Å². The summed E-state index contributed by atoms with van der Waals surface area (Å²) in [7, 11) is 0. The molecule has 5 nitrogen and oxygen atoms in total. The molecule has 0 atom stereocenters. The summed E-state index contributed by atoms with van der Waals surface area (Å²) in [5.74, 6) is -1.23. The predicted octanol–water partition coefficient (Wildman–Crippen LogP) is 4.04. The molecule has 0 aliphatic carbocycles. The zero-order chi connectivity index (χ0) is 14.8. The fraction of sp³-hybridized carbons (Fsp3) is 0.333. The first-order chi connectivity index (χ1) is 8.61. The Labute approximate surface area is 120 Å². The maximum Gasteiger partial charge on any atom is 0.412 e. The Balaban J connectivity index is 3.09. The highest BCUT2D eigenvalue weighted by Gasteiger charge is 2.21. The van der Waals surface area contributed by atoms with Gasteiger partial charge in [-0.05, 0) is 32.9 Å². The lowest BCUT2D eigenvalue weighted by Crippen LogP contribution is -2.27. The van der Waals surface area contributed by atoms with Crippen LogP contribution in [0.3, 0.4) is 0 Å². The molecular formula is C12H13Cl2NO4. The van der Waals surface area contributed by atoms with Crippen LogP contribution < -0.4 is 5.32 Å². The molecule has 0 spiro atoms. The van der Waals surface area contributed by atoms with Crippen LogP contribution in [0.1, 0.15) is 31.1 Å². The number of halogens is 2. The Bertz CT molecular complexity index is 523. The number of rotatable bonds is 2. The molecule has 1 aromatic carbocycles. The fourth-order valence-corrected chi connectivity index (χ4v) is 1.63. The van der Waals surface area contributed by atoms with Crippen LogP contribution in [0.4, 0.5) is 10.5 Å². The fourth-order valence-electron chi connectivity index (χ4n) is 1.26. The normalized spacial score (nSPS) is 11.0. The number of carboxylic acids is 1. The molecule has 1 aromatic rings. The predicted molar refractivity (Wildman–Crippen MR) is 73.3 cm³/mol. The van der Waals surface area contributed by atoms with E-state index >= 15 is 0 Å². The first-order valence-corrected chi connectivity index (χ1v) is 6.08. The second-order valence-electron chi connectivity index (χ2n) is 4.72. The number of ether oxygens (including phenoxy) is 1. The highest BCUT2D eigenvalue weighted by molar-refractivity contribution is 6.44. The van der Waals surface area contributed by atoms with E-state index in [0.717, 1.165) is 0 Å². The van der Waals surface area contributed by atoms with Crippen LogP contribution in [-0.2, 0) is 4.74 Å². The molecule has 1 rings (SSSR count). The molecule has 0 bridgehead atoms. The van der Waals surface area contributed by atoms with E-state index in [9.17, 15) is 9.59 Å². The second kappa shape index (κ2) is 5.67. The molecule has 0 unspecified atom stereocenters. The van der Waals surface area contributed by atoms with E-state index < -0.39 is 17.7 Å². The van der Waals surface area contributed by atoms with Gasteiger partial charge in [-0.25, -0.2) is 9.59 Å². The summed E-state index contributed by atoms with van der Waals surface area (Å²) in [6, 6.07) is 2.59. The summed E-state index contributed by atoms with van der Waals surface area (Å²) in [4.78, 5) is 22.7. The van der Waals surface area contributed by atoms with Gasteiger partial charge in [0.1, 0.15) is 5.60 Å². The minimum atomic E-state index is -1.23. The van der Waals surface area contributed by atoms with Crippen molar-refractivity contribution in [1.82, 2.24) is 0 Å². The Morgan fingerprint density at radius 2 is 1.84 bits per heavy atom. The third-order valence-corrected chi connectivity index (χ3v) is 2.76. The molecule has 19 heavy (non-hydrogen) atoms. The van der Waals surface area contributed by atoms with Gasteiger partial charge in [0.25, 0.3) is 0 Å². The van der Waals surface area contributed by atoms with Crippen molar-refractivity contribution in [2.75, 3.05) is 5.32 Å². The number of amides is 1. The van der Waals surface area contributed by atoms with Crippen molar-refractivity contribution < 1.29 is 19.4 Å². The molecule has 0 aliphatic heterocycles. The van der Waals surface area contributed by atoms with Gasteiger partial charge < -0.3 is 9.84 Å². The summed E-state index contributed by atoms with van der Waals surface area (Å²) < 4.78 is 5.03. The topological polar surface area (TPSA) is 75.6 Å². The zero-order valence-electron chi connectivity index (χ0n) is 10.6. The summed E-state index contributed by atoms with van der Waals surface area (Å²) in [5.41, 5.74) is -0.963. The summed E-state index contributed by atoms with van der Waals surface area (Å²) >= 11 is 11.7. The number of carbonyl (C=O) groups is 2. The van der Waals surface area contributed by atoms with Crippen molar-refractivity contribution in [2.45, 2.75) is 26.4 Å². The van der Waals surface area contributed by atoms with E-state index in [1.54, 1.807) is 20.8 Å². The second-order valence-corrected chi connectivity index (χ2v) is 5.50. The monoisotopic (exact) mass is 305 g/mol. The summed E-state index contributed by atoms with van der Waals surface area (Å²) in [5, 5.41) is 11.4. The van der Waals surface area contributed by atoms with E-state index in [2.05, 4.69) is 5.32 Å². The minimum absolute atomic E-state index is 0.0487. The third-order valence-electron chi connectivity index (χ3n) is 1.95. The molecular weight excluding hydrogens is 293 g/mol. The molecule has 104 valence electrons. The van der Waals surface area contributed by atoms with Crippen LogP contribution in [0.25, 0.3) is 0 Å². The molecule has 2 N–H and O–H groups in total. The molecule has 0 aliphatic rings. The average Bonchev–Trinajstić information content (AvgIpc) is 2.21. The van der Waals surface area contributed by atoms with E-state index in [-0.39, 0.29) is 21.3 Å². The Kier molecular flexibility index (Phi) is 4.66. The number of hydrogen-bond acceptors (Lipinski definition) is 3. The first kappa shape index (κ1) is 15.6. The minimum Gasteiger partial charge on any atom is -0.478 e. The smallest absolute Gasteiger partial charge is 0.412 e. The standard InChI is InChI=1S/C12H13Cl2NO4/c1-12(2,3)19-11(18)15-9-6(10(16)17)4-5-7(13)8(9)14/h4-5H,1-3H3,(H,15,18)(H,16,17). The number of benzene rings is 1. The lowest BCUT2D eigenvalue weighted by atomic mass is 10.2. The zero-order valence-corrected chi connectivity index (χ0v) is 12.1. The molecule has 1 amide bonds. The van der Waals surface area contributed by atoms with Crippen molar-refractivity contribution in [3.05, 3.63) is 27.7 Å². The van der Waals surface area contributed by atoms with Crippen molar-refractivity contribution in [1.29, 1.82) is 0 Å². The number of anilines is 1. The SMILES string of the molecule is CC(C)(C)OC(=O)Nc1c(C(=O)O)ccc(Cl)c1Cl. The van der Waals surface area contributed by atoms with Crippen LogP contribution in [0.15, 0.2) is 12.1 Å². The molecule has 0 fully saturated rings. The van der Waals surface area contributed by atoms with Gasteiger partial charge >= 0.3 is 12.1 Å². The van der Waals surface area contributed by atoms with Crippen LogP contribution in [-0.4, -0.2) is 22.8 Å². The Hall–Kier alpha value is -1.46. The lowest BCUT2D eigenvalue weighted by molar-refractivity contribution is 0.0636. The summed E-state index contributed by atoms with van der Waals surface area (Å²) in [6.07, 6.45) is -0.806. The van der Waals surface area contributed by atoms with Crippen molar-refractivity contribution >= 4 is 41.0 Å². The van der Waals surface area contributed by atoms with E-state index in [0.29, 0.717) is 0 Å². The number of hydrogen-bond donors (Lipinski definition) is 2. The third kappa shape index (κ3) is 4.29. The first-order valence-electron chi connectivity index (χ1n) is 5.33. The van der Waals surface area contributed by atoms with Gasteiger partial charge in [0.05, 0.1) is 21.3 Å². The Morgan fingerprint density at radius 3 is 2.32 bits per heavy atom. The molecule has 0 heterocycles.